The number of hydrogen-bond acceptors (Lipinski definition) is 2. The third-order valence-electron chi connectivity index (χ3n) is 6.00. The number of carbonyl (C=O) groups excluding carboxylic acids is 1. The van der Waals surface area contributed by atoms with Gasteiger partial charge >= 0.3 is 12.1 Å². The molecule has 0 radical (unpaired) electrons. The minimum Gasteiger partial charge on any atom is -0.459 e. The zero-order chi connectivity index (χ0) is 22.0. The third kappa shape index (κ3) is 14.8. The van der Waals surface area contributed by atoms with Crippen molar-refractivity contribution in [1.82, 2.24) is 0 Å². The number of esters is 1. The molecule has 0 unspecified atom stereocenters. The number of alkyl halides is 3. The summed E-state index contributed by atoms with van der Waals surface area (Å²) < 4.78 is 40.3. The van der Waals surface area contributed by atoms with Gasteiger partial charge in [0.1, 0.15) is 0 Å². The first-order valence-corrected chi connectivity index (χ1v) is 12.0. The van der Waals surface area contributed by atoms with E-state index in [1.165, 1.54) is 83.5 Å². The maximum atomic E-state index is 12.0. The molecule has 0 bridgehead atoms. The van der Waals surface area contributed by atoms with Crippen LogP contribution in [0.4, 0.5) is 13.2 Å². The summed E-state index contributed by atoms with van der Waals surface area (Å²) in [5.41, 5.74) is 0.546. The summed E-state index contributed by atoms with van der Waals surface area (Å²) in [6.45, 7) is 6.73. The van der Waals surface area contributed by atoms with Crippen molar-refractivity contribution in [3.63, 3.8) is 0 Å². The normalized spacial score (nSPS) is 12.3. The molecule has 0 fully saturated rings. The smallest absolute Gasteiger partial charge is 0.459 e. The average molecular weight is 423 g/mol. The van der Waals surface area contributed by atoms with E-state index >= 15 is 0 Å². The van der Waals surface area contributed by atoms with Crippen LogP contribution in [-0.2, 0) is 9.53 Å². The molecule has 0 amide bonds. The molecule has 0 atom stereocenters. The molecular weight excluding hydrogens is 377 g/mol. The molecule has 0 aromatic rings. The monoisotopic (exact) mass is 422 g/mol. The molecule has 5 heteroatoms. The van der Waals surface area contributed by atoms with Gasteiger partial charge in [-0.2, -0.15) is 13.2 Å². The van der Waals surface area contributed by atoms with E-state index in [0.717, 1.165) is 19.3 Å². The van der Waals surface area contributed by atoms with Gasteiger partial charge in [-0.1, -0.05) is 97.8 Å². The van der Waals surface area contributed by atoms with E-state index in [-0.39, 0.29) is 6.61 Å². The van der Waals surface area contributed by atoms with Crippen molar-refractivity contribution in [2.75, 3.05) is 6.61 Å². The maximum absolute atomic E-state index is 12.0. The predicted molar refractivity (Wildman–Crippen MR) is 115 cm³/mol. The van der Waals surface area contributed by atoms with Crippen molar-refractivity contribution in [2.24, 2.45) is 5.41 Å². The fourth-order valence-electron chi connectivity index (χ4n) is 4.14. The average Bonchev–Trinajstić information content (AvgIpc) is 2.69. The summed E-state index contributed by atoms with van der Waals surface area (Å²) in [4.78, 5) is 10.6. The first-order valence-electron chi connectivity index (χ1n) is 12.0. The van der Waals surface area contributed by atoms with Gasteiger partial charge < -0.3 is 4.74 Å². The van der Waals surface area contributed by atoms with Crippen LogP contribution < -0.4 is 0 Å². The molecule has 174 valence electrons. The second kappa shape index (κ2) is 17.0. The van der Waals surface area contributed by atoms with Crippen molar-refractivity contribution >= 4 is 5.97 Å². The zero-order valence-electron chi connectivity index (χ0n) is 19.2. The lowest BCUT2D eigenvalue weighted by atomic mass is 9.71. The Bertz CT molecular complexity index is 372. The van der Waals surface area contributed by atoms with Crippen LogP contribution in [0.3, 0.4) is 0 Å². The highest BCUT2D eigenvalue weighted by Crippen LogP contribution is 2.41. The Balaban J connectivity index is 3.99. The van der Waals surface area contributed by atoms with Crippen LogP contribution in [0, 0.1) is 5.41 Å². The van der Waals surface area contributed by atoms with Crippen LogP contribution in [-0.4, -0.2) is 18.8 Å². The second-order valence-corrected chi connectivity index (χ2v) is 8.67. The summed E-state index contributed by atoms with van der Waals surface area (Å²) in [5, 5.41) is 0. The summed E-state index contributed by atoms with van der Waals surface area (Å²) in [5.74, 6) is -2.07. The molecule has 0 aliphatic carbocycles. The Morgan fingerprint density at radius 1 is 0.621 bits per heavy atom. The van der Waals surface area contributed by atoms with E-state index in [9.17, 15) is 18.0 Å². The molecule has 0 rings (SSSR count). The number of carbonyl (C=O) groups is 1. The van der Waals surface area contributed by atoms with Gasteiger partial charge in [0.05, 0.1) is 6.61 Å². The Morgan fingerprint density at radius 3 is 1.41 bits per heavy atom. The molecule has 0 aliphatic heterocycles. The predicted octanol–water partition coefficient (Wildman–Crippen LogP) is 8.77. The molecule has 0 aromatic carbocycles. The van der Waals surface area contributed by atoms with Gasteiger partial charge in [0.2, 0.25) is 0 Å². The Kier molecular flexibility index (Phi) is 16.6. The Morgan fingerprint density at radius 2 is 1.00 bits per heavy atom. The quantitative estimate of drug-likeness (QED) is 0.154. The van der Waals surface area contributed by atoms with Crippen LogP contribution in [0.25, 0.3) is 0 Å². The van der Waals surface area contributed by atoms with Crippen LogP contribution >= 0.6 is 0 Å². The standard InChI is InChI=1S/C24H45F3O2/c1-4-7-17-23(18-8-5-2,19-9-6-3)20-15-13-11-10-12-14-16-21-29-22(28)24(25,26)27/h4-21H2,1-3H3. The van der Waals surface area contributed by atoms with E-state index in [4.69, 9.17) is 0 Å². The van der Waals surface area contributed by atoms with Gasteiger partial charge in [0, 0.05) is 0 Å². The molecule has 0 aromatic heterocycles. The van der Waals surface area contributed by atoms with E-state index in [1.54, 1.807) is 0 Å². The van der Waals surface area contributed by atoms with Crippen LogP contribution in [0.2, 0.25) is 0 Å². The number of unbranched alkanes of at least 4 members (excludes halogenated alkanes) is 9. The van der Waals surface area contributed by atoms with Gasteiger partial charge in [-0.3, -0.25) is 0 Å². The largest absolute Gasteiger partial charge is 0.490 e. The third-order valence-corrected chi connectivity index (χ3v) is 6.00. The molecule has 2 nitrogen and oxygen atoms in total. The van der Waals surface area contributed by atoms with Crippen molar-refractivity contribution < 1.29 is 22.7 Å². The topological polar surface area (TPSA) is 26.3 Å². The summed E-state index contributed by atoms with van der Waals surface area (Å²) in [6.07, 6.45) is 15.6. The lowest BCUT2D eigenvalue weighted by Gasteiger charge is -2.35. The number of rotatable bonds is 19. The number of hydrogen-bond donors (Lipinski definition) is 0. The number of ether oxygens (including phenoxy) is 1. The highest BCUT2D eigenvalue weighted by molar-refractivity contribution is 5.75. The molecule has 0 heterocycles. The summed E-state index contributed by atoms with van der Waals surface area (Å²) in [6, 6.07) is 0. The van der Waals surface area contributed by atoms with Crippen LogP contribution in [0.15, 0.2) is 0 Å². The molecule has 0 saturated carbocycles. The molecule has 29 heavy (non-hydrogen) atoms. The molecule has 0 N–H and O–H groups in total. The molecule has 0 spiro atoms. The van der Waals surface area contributed by atoms with Gasteiger partial charge in [-0.05, 0) is 37.5 Å². The minimum absolute atomic E-state index is 0.132. The zero-order valence-corrected chi connectivity index (χ0v) is 19.2. The second-order valence-electron chi connectivity index (χ2n) is 8.67. The maximum Gasteiger partial charge on any atom is 0.490 e. The molecule has 0 aliphatic rings. The van der Waals surface area contributed by atoms with Gasteiger partial charge in [0.15, 0.2) is 0 Å². The van der Waals surface area contributed by atoms with E-state index in [0.29, 0.717) is 11.8 Å². The highest BCUT2D eigenvalue weighted by atomic mass is 19.4. The first-order chi connectivity index (χ1) is 13.8. The van der Waals surface area contributed by atoms with Crippen LogP contribution in [0.1, 0.15) is 130 Å². The first kappa shape index (κ1) is 28.3. The van der Waals surface area contributed by atoms with Gasteiger partial charge in [-0.15, -0.1) is 0 Å². The van der Waals surface area contributed by atoms with Crippen molar-refractivity contribution in [1.29, 1.82) is 0 Å². The van der Waals surface area contributed by atoms with E-state index < -0.39 is 12.1 Å². The molecular formula is C24H45F3O2. The van der Waals surface area contributed by atoms with Crippen molar-refractivity contribution in [3.8, 4) is 0 Å². The molecule has 0 saturated heterocycles. The number of halogens is 3. The summed E-state index contributed by atoms with van der Waals surface area (Å²) >= 11 is 0. The summed E-state index contributed by atoms with van der Waals surface area (Å²) in [7, 11) is 0. The van der Waals surface area contributed by atoms with E-state index in [2.05, 4.69) is 25.5 Å². The fourth-order valence-corrected chi connectivity index (χ4v) is 4.14. The Labute approximate surface area is 177 Å². The lowest BCUT2D eigenvalue weighted by molar-refractivity contribution is -0.199. The Hall–Kier alpha value is -0.740. The minimum atomic E-state index is -4.87. The van der Waals surface area contributed by atoms with Crippen LogP contribution in [0.5, 0.6) is 0 Å². The van der Waals surface area contributed by atoms with Gasteiger partial charge in [-0.25, -0.2) is 4.79 Å². The van der Waals surface area contributed by atoms with Crippen molar-refractivity contribution in [3.05, 3.63) is 0 Å². The van der Waals surface area contributed by atoms with Crippen molar-refractivity contribution in [2.45, 2.75) is 136 Å². The lowest BCUT2D eigenvalue weighted by Crippen LogP contribution is -2.25. The fraction of sp³-hybridized carbons (Fsp3) is 0.958. The SMILES string of the molecule is CCCCC(CCCC)(CCCC)CCCCCCCCCOC(=O)C(F)(F)F. The van der Waals surface area contributed by atoms with Gasteiger partial charge in [0.25, 0.3) is 0 Å². The van der Waals surface area contributed by atoms with E-state index in [1.807, 2.05) is 0 Å². The highest BCUT2D eigenvalue weighted by Gasteiger charge is 2.40.